The first-order valence-electron chi connectivity index (χ1n) is 13.9. The molecule has 2 aromatic carbocycles. The fourth-order valence-electron chi connectivity index (χ4n) is 4.92. The summed E-state index contributed by atoms with van der Waals surface area (Å²) in [6.07, 6.45) is 9.05. The number of hydrogen-bond donors (Lipinski definition) is 1. The van der Waals surface area contributed by atoms with Gasteiger partial charge >= 0.3 is 0 Å². The molecule has 0 spiro atoms. The molecular weight excluding hydrogens is 504 g/mol. The van der Waals surface area contributed by atoms with Gasteiger partial charge in [0, 0.05) is 62.2 Å². The van der Waals surface area contributed by atoms with Crippen molar-refractivity contribution in [2.24, 2.45) is 7.05 Å². The van der Waals surface area contributed by atoms with E-state index in [0.717, 1.165) is 68.2 Å². The molecule has 4 aromatic rings. The van der Waals surface area contributed by atoms with Gasteiger partial charge in [0.05, 0.1) is 25.1 Å². The Morgan fingerprint density at radius 1 is 0.950 bits per heavy atom. The Kier molecular flexibility index (Phi) is 9.15. The molecule has 0 bridgehead atoms. The fourth-order valence-corrected chi connectivity index (χ4v) is 4.92. The number of rotatable bonds is 12. The monoisotopic (exact) mass is 540 g/mol. The van der Waals surface area contributed by atoms with Crippen LogP contribution in [0.4, 0.5) is 5.95 Å². The minimum atomic E-state index is -0.240. The van der Waals surface area contributed by atoms with Gasteiger partial charge in [0.1, 0.15) is 5.78 Å². The van der Waals surface area contributed by atoms with Crippen LogP contribution in [-0.4, -0.2) is 68.8 Å². The van der Waals surface area contributed by atoms with Crippen LogP contribution in [0.15, 0.2) is 73.2 Å². The standard InChI is InChI=1S/C31H36N6O3/c1-35-22-26(21-32-35)24-8-5-9-25(20-24)30(39)34-31-33-27(23-37(31)28-11-3-2-4-12-28)10-6-13-29(38)14-7-15-36-16-18-40-19-17-36/h2-5,8-9,11-12,20-23H,6-7,10,13-19H2,1H3,(H,33,34,39). The number of aryl methyl sites for hydroxylation is 2. The van der Waals surface area contributed by atoms with E-state index in [0.29, 0.717) is 30.8 Å². The Hall–Kier alpha value is -4.08. The third-order valence-electron chi connectivity index (χ3n) is 7.10. The molecule has 0 aliphatic carbocycles. The van der Waals surface area contributed by atoms with Gasteiger partial charge in [-0.2, -0.15) is 5.10 Å². The summed E-state index contributed by atoms with van der Waals surface area (Å²) in [4.78, 5) is 32.8. The number of benzene rings is 2. The lowest BCUT2D eigenvalue weighted by molar-refractivity contribution is -0.119. The van der Waals surface area contributed by atoms with E-state index in [4.69, 9.17) is 9.72 Å². The van der Waals surface area contributed by atoms with E-state index in [2.05, 4.69) is 15.3 Å². The molecule has 5 rings (SSSR count). The average Bonchev–Trinajstić information content (AvgIpc) is 3.60. The van der Waals surface area contributed by atoms with Crippen molar-refractivity contribution < 1.29 is 14.3 Å². The maximum Gasteiger partial charge on any atom is 0.258 e. The van der Waals surface area contributed by atoms with Crippen LogP contribution in [0.3, 0.4) is 0 Å². The van der Waals surface area contributed by atoms with Crippen molar-refractivity contribution in [1.82, 2.24) is 24.2 Å². The highest BCUT2D eigenvalue weighted by atomic mass is 16.5. The smallest absolute Gasteiger partial charge is 0.258 e. The number of ketones is 1. The van der Waals surface area contributed by atoms with E-state index in [-0.39, 0.29) is 11.7 Å². The van der Waals surface area contributed by atoms with E-state index >= 15 is 0 Å². The third-order valence-corrected chi connectivity index (χ3v) is 7.10. The minimum Gasteiger partial charge on any atom is -0.379 e. The van der Waals surface area contributed by atoms with Gasteiger partial charge in [0.15, 0.2) is 0 Å². The van der Waals surface area contributed by atoms with Gasteiger partial charge < -0.3 is 4.74 Å². The Balaban J connectivity index is 1.21. The van der Waals surface area contributed by atoms with Crippen molar-refractivity contribution in [2.45, 2.75) is 32.1 Å². The van der Waals surface area contributed by atoms with Crippen molar-refractivity contribution >= 4 is 17.6 Å². The van der Waals surface area contributed by atoms with Gasteiger partial charge in [0.25, 0.3) is 5.91 Å². The summed E-state index contributed by atoms with van der Waals surface area (Å²) < 4.78 is 9.01. The zero-order chi connectivity index (χ0) is 27.7. The number of hydrogen-bond acceptors (Lipinski definition) is 6. The Labute approximate surface area is 234 Å². The Morgan fingerprint density at radius 3 is 2.52 bits per heavy atom. The van der Waals surface area contributed by atoms with E-state index < -0.39 is 0 Å². The molecule has 0 saturated carbocycles. The van der Waals surface area contributed by atoms with Crippen LogP contribution in [0, 0.1) is 0 Å². The fraction of sp³-hybridized carbons (Fsp3) is 0.355. The lowest BCUT2D eigenvalue weighted by Crippen LogP contribution is -2.36. The first-order valence-corrected chi connectivity index (χ1v) is 13.9. The number of anilines is 1. The maximum absolute atomic E-state index is 13.3. The minimum absolute atomic E-state index is 0.240. The topological polar surface area (TPSA) is 94.3 Å². The predicted octanol–water partition coefficient (Wildman–Crippen LogP) is 4.53. The van der Waals surface area contributed by atoms with Crippen molar-refractivity contribution in [3.63, 3.8) is 0 Å². The zero-order valence-corrected chi connectivity index (χ0v) is 23.0. The summed E-state index contributed by atoms with van der Waals surface area (Å²) in [5.41, 5.74) is 4.14. The van der Waals surface area contributed by atoms with Gasteiger partial charge in [-0.1, -0.05) is 30.3 Å². The van der Waals surface area contributed by atoms with Crippen LogP contribution in [0.1, 0.15) is 41.7 Å². The van der Waals surface area contributed by atoms with Crippen molar-refractivity contribution in [1.29, 1.82) is 0 Å². The first-order chi connectivity index (χ1) is 19.5. The number of imidazole rings is 1. The molecular formula is C31H36N6O3. The van der Waals surface area contributed by atoms with Crippen LogP contribution in [-0.2, 0) is 23.0 Å². The van der Waals surface area contributed by atoms with Crippen LogP contribution in [0.5, 0.6) is 0 Å². The Bertz CT molecular complexity index is 1420. The van der Waals surface area contributed by atoms with Gasteiger partial charge in [-0.05, 0) is 55.6 Å². The number of para-hydroxylation sites is 1. The zero-order valence-electron chi connectivity index (χ0n) is 23.0. The van der Waals surface area contributed by atoms with Crippen molar-refractivity contribution in [3.8, 4) is 16.8 Å². The summed E-state index contributed by atoms with van der Waals surface area (Å²) in [6.45, 7) is 4.42. The quantitative estimate of drug-likeness (QED) is 0.284. The van der Waals surface area contributed by atoms with Crippen LogP contribution < -0.4 is 5.32 Å². The summed E-state index contributed by atoms with van der Waals surface area (Å²) in [5.74, 6) is 0.503. The van der Waals surface area contributed by atoms with Crippen LogP contribution in [0.25, 0.3) is 16.8 Å². The number of aromatic nitrogens is 4. The van der Waals surface area contributed by atoms with E-state index in [1.807, 2.05) is 72.5 Å². The lowest BCUT2D eigenvalue weighted by atomic mass is 10.1. The molecule has 1 aliphatic heterocycles. The maximum atomic E-state index is 13.3. The van der Waals surface area contributed by atoms with E-state index in [1.54, 1.807) is 16.9 Å². The second-order valence-corrected chi connectivity index (χ2v) is 10.1. The second kappa shape index (κ2) is 13.3. The summed E-state index contributed by atoms with van der Waals surface area (Å²) in [6, 6.07) is 17.3. The molecule has 1 fully saturated rings. The van der Waals surface area contributed by atoms with Crippen molar-refractivity contribution in [2.75, 3.05) is 38.2 Å². The molecule has 3 heterocycles. The van der Waals surface area contributed by atoms with E-state index in [1.165, 1.54) is 0 Å². The average molecular weight is 541 g/mol. The number of nitrogens with zero attached hydrogens (tertiary/aromatic N) is 5. The predicted molar refractivity (Wildman–Crippen MR) is 155 cm³/mol. The number of carbonyl (C=O) groups excluding carboxylic acids is 2. The molecule has 0 atom stereocenters. The molecule has 9 nitrogen and oxygen atoms in total. The summed E-state index contributed by atoms with van der Waals surface area (Å²) >= 11 is 0. The van der Waals surface area contributed by atoms with Gasteiger partial charge in [-0.15, -0.1) is 0 Å². The SMILES string of the molecule is Cn1cc(-c2cccc(C(=O)Nc3nc(CCCC(=O)CCCN4CCOCC4)cn3-c3ccccc3)c2)cn1. The summed E-state index contributed by atoms with van der Waals surface area (Å²) in [5, 5.41) is 7.23. The first kappa shape index (κ1) is 27.5. The normalized spacial score (nSPS) is 13.8. The highest BCUT2D eigenvalue weighted by molar-refractivity contribution is 6.04. The number of nitrogens with one attached hydrogen (secondary N) is 1. The van der Waals surface area contributed by atoms with Crippen LogP contribution in [0.2, 0.25) is 0 Å². The number of amides is 1. The van der Waals surface area contributed by atoms with Gasteiger partial charge in [0.2, 0.25) is 5.95 Å². The largest absolute Gasteiger partial charge is 0.379 e. The Morgan fingerprint density at radius 2 is 1.75 bits per heavy atom. The molecule has 208 valence electrons. The molecule has 40 heavy (non-hydrogen) atoms. The van der Waals surface area contributed by atoms with Crippen molar-refractivity contribution in [3.05, 3.63) is 84.4 Å². The molecule has 1 N–H and O–H groups in total. The van der Waals surface area contributed by atoms with E-state index in [9.17, 15) is 9.59 Å². The molecule has 2 aromatic heterocycles. The molecule has 9 heteroatoms. The summed E-state index contributed by atoms with van der Waals surface area (Å²) in [7, 11) is 1.86. The highest BCUT2D eigenvalue weighted by Gasteiger charge is 2.16. The van der Waals surface area contributed by atoms with Gasteiger partial charge in [-0.3, -0.25) is 29.1 Å². The van der Waals surface area contributed by atoms with Gasteiger partial charge in [-0.25, -0.2) is 4.98 Å². The molecule has 1 amide bonds. The second-order valence-electron chi connectivity index (χ2n) is 10.1. The highest BCUT2D eigenvalue weighted by Crippen LogP contribution is 2.22. The third kappa shape index (κ3) is 7.31. The number of Topliss-reactive ketones (excluding diaryl/α,β-unsaturated/α-hetero) is 1. The molecule has 0 unspecified atom stereocenters. The number of carbonyl (C=O) groups is 2. The van der Waals surface area contributed by atoms with Crippen LogP contribution >= 0.6 is 0 Å². The molecule has 1 aliphatic rings. The number of morpholine rings is 1. The molecule has 0 radical (unpaired) electrons. The molecule has 1 saturated heterocycles. The lowest BCUT2D eigenvalue weighted by Gasteiger charge is -2.26. The number of ether oxygens (including phenoxy) is 1.